The molecule has 0 saturated heterocycles. The molecule has 2 N–H and O–H groups in total. The molecule has 78 valence electrons. The minimum atomic E-state index is -0.393. The Hall–Kier alpha value is -1.00. The topological polar surface area (TPSA) is 35.2 Å². The van der Waals surface area contributed by atoms with Gasteiger partial charge in [-0.2, -0.15) is 0 Å². The monoisotopic (exact) mass is 201 g/mol. The van der Waals surface area contributed by atoms with E-state index in [1.165, 1.54) is 13.0 Å². The smallest absolute Gasteiger partial charge is 0.129 e. The van der Waals surface area contributed by atoms with Gasteiger partial charge in [-0.1, -0.05) is 0 Å². The Morgan fingerprint density at radius 1 is 1.36 bits per heavy atom. The van der Waals surface area contributed by atoms with Gasteiger partial charge in [0.15, 0.2) is 0 Å². The average molecular weight is 201 g/mol. The van der Waals surface area contributed by atoms with Crippen LogP contribution in [0.25, 0.3) is 0 Å². The summed E-state index contributed by atoms with van der Waals surface area (Å²) in [4.78, 5) is 4.35. The van der Waals surface area contributed by atoms with Crippen molar-refractivity contribution in [3.8, 4) is 0 Å². The predicted octanol–water partition coefficient (Wildman–Crippen LogP) is 2.01. The Balaban J connectivity index is 3.11. The van der Waals surface area contributed by atoms with Crippen LogP contribution in [-0.4, -0.2) is 6.61 Å². The summed E-state index contributed by atoms with van der Waals surface area (Å²) >= 11 is 0. The second kappa shape index (κ2) is 4.48. The molecule has 0 atom stereocenters. The van der Waals surface area contributed by atoms with E-state index in [4.69, 9.17) is 5.90 Å². The van der Waals surface area contributed by atoms with Crippen LogP contribution in [0.15, 0.2) is 6.07 Å². The molecule has 0 amide bonds. The van der Waals surface area contributed by atoms with Gasteiger partial charge in [-0.05, 0) is 36.6 Å². The number of halogens is 2. The first-order valence-corrected chi connectivity index (χ1v) is 4.33. The van der Waals surface area contributed by atoms with Gasteiger partial charge in [0.05, 0.1) is 6.61 Å². The molecule has 14 heavy (non-hydrogen) atoms. The Bertz CT molecular complexity index is 313. The van der Waals surface area contributed by atoms with Crippen molar-refractivity contribution in [3.05, 3.63) is 34.4 Å². The highest BCUT2D eigenvalue weighted by molar-refractivity contribution is 5.33. The highest BCUT2D eigenvalue weighted by atomic mass is 19.1. The number of aryl methyl sites for hydroxylation is 1. The molecule has 0 heterocycles. The molecule has 0 saturated carbocycles. The van der Waals surface area contributed by atoms with E-state index in [1.807, 2.05) is 0 Å². The number of rotatable bonds is 3. The molecule has 0 unspecified atom stereocenters. The SMILES string of the molecule is Cc1cc(F)c(C)c(CCON)c1F. The van der Waals surface area contributed by atoms with Gasteiger partial charge in [0.2, 0.25) is 0 Å². The molecule has 0 spiro atoms. The maximum Gasteiger partial charge on any atom is 0.129 e. The molecule has 1 aromatic rings. The summed E-state index contributed by atoms with van der Waals surface area (Å²) in [5, 5.41) is 0. The van der Waals surface area contributed by atoms with E-state index in [-0.39, 0.29) is 18.8 Å². The molecule has 0 bridgehead atoms. The maximum absolute atomic E-state index is 13.5. The fraction of sp³-hybridized carbons (Fsp3) is 0.400. The molecule has 1 rings (SSSR count). The zero-order valence-corrected chi connectivity index (χ0v) is 8.23. The van der Waals surface area contributed by atoms with Gasteiger partial charge >= 0.3 is 0 Å². The zero-order chi connectivity index (χ0) is 10.7. The summed E-state index contributed by atoms with van der Waals surface area (Å²) in [5.41, 5.74) is 0.971. The minimum absolute atomic E-state index is 0.181. The molecule has 0 fully saturated rings. The summed E-state index contributed by atoms with van der Waals surface area (Å²) in [6.45, 7) is 3.26. The van der Waals surface area contributed by atoms with Crippen molar-refractivity contribution in [2.24, 2.45) is 5.90 Å². The van der Waals surface area contributed by atoms with Crippen molar-refractivity contribution in [3.63, 3.8) is 0 Å². The van der Waals surface area contributed by atoms with Gasteiger partial charge in [0, 0.05) is 6.42 Å². The van der Waals surface area contributed by atoms with Gasteiger partial charge in [0.1, 0.15) is 11.6 Å². The lowest BCUT2D eigenvalue weighted by Crippen LogP contribution is -2.08. The molecular weight excluding hydrogens is 188 g/mol. The molecule has 0 aliphatic carbocycles. The Labute approximate surface area is 81.6 Å². The van der Waals surface area contributed by atoms with Crippen molar-refractivity contribution in [1.82, 2.24) is 0 Å². The molecule has 2 nitrogen and oxygen atoms in total. The Kier molecular flexibility index (Phi) is 3.55. The molecule has 1 aromatic carbocycles. The summed E-state index contributed by atoms with van der Waals surface area (Å²) in [7, 11) is 0. The molecule has 0 aromatic heterocycles. The Morgan fingerprint density at radius 3 is 2.57 bits per heavy atom. The van der Waals surface area contributed by atoms with E-state index in [1.54, 1.807) is 6.92 Å². The Morgan fingerprint density at radius 2 is 2.00 bits per heavy atom. The number of nitrogens with two attached hydrogens (primary N) is 1. The normalized spacial score (nSPS) is 10.6. The van der Waals surface area contributed by atoms with Crippen molar-refractivity contribution in [1.29, 1.82) is 0 Å². The number of hydrogen-bond donors (Lipinski definition) is 1. The fourth-order valence-electron chi connectivity index (χ4n) is 1.37. The van der Waals surface area contributed by atoms with Crippen molar-refractivity contribution >= 4 is 0 Å². The molecule has 0 radical (unpaired) electrons. The average Bonchev–Trinajstić information content (AvgIpc) is 2.15. The summed E-state index contributed by atoms with van der Waals surface area (Å²) in [6.07, 6.45) is 0.284. The first-order chi connectivity index (χ1) is 6.57. The largest absolute Gasteiger partial charge is 0.304 e. The van der Waals surface area contributed by atoms with E-state index in [2.05, 4.69) is 4.84 Å². The third kappa shape index (κ3) is 2.08. The van der Waals surface area contributed by atoms with E-state index in [0.29, 0.717) is 16.7 Å². The van der Waals surface area contributed by atoms with E-state index < -0.39 is 5.82 Å². The van der Waals surface area contributed by atoms with Crippen LogP contribution in [0.3, 0.4) is 0 Å². The summed E-state index contributed by atoms with van der Waals surface area (Å²) in [6, 6.07) is 1.19. The van der Waals surface area contributed by atoms with Crippen LogP contribution >= 0.6 is 0 Å². The summed E-state index contributed by atoms with van der Waals surface area (Å²) < 4.78 is 26.7. The maximum atomic E-state index is 13.5. The molecule has 4 heteroatoms. The predicted molar refractivity (Wildman–Crippen MR) is 49.7 cm³/mol. The van der Waals surface area contributed by atoms with Crippen LogP contribution in [0.5, 0.6) is 0 Å². The standard InChI is InChI=1S/C10H13F2NO/c1-6-5-9(11)7(2)8(10(6)12)3-4-14-13/h5H,3-4,13H2,1-2H3. The van der Waals surface area contributed by atoms with E-state index >= 15 is 0 Å². The van der Waals surface area contributed by atoms with Crippen LogP contribution < -0.4 is 5.90 Å². The van der Waals surface area contributed by atoms with Crippen LogP contribution in [0.1, 0.15) is 16.7 Å². The van der Waals surface area contributed by atoms with Gasteiger partial charge in [-0.3, -0.25) is 0 Å². The van der Waals surface area contributed by atoms with Gasteiger partial charge in [-0.25, -0.2) is 14.7 Å². The molecule has 0 aliphatic rings. The first kappa shape index (κ1) is 11.1. The zero-order valence-electron chi connectivity index (χ0n) is 8.23. The minimum Gasteiger partial charge on any atom is -0.304 e. The third-order valence-corrected chi connectivity index (χ3v) is 2.24. The highest BCUT2D eigenvalue weighted by Gasteiger charge is 2.12. The third-order valence-electron chi connectivity index (χ3n) is 2.24. The van der Waals surface area contributed by atoms with Gasteiger partial charge < -0.3 is 4.84 Å². The lowest BCUT2D eigenvalue weighted by molar-refractivity contribution is 0.140. The second-order valence-corrected chi connectivity index (χ2v) is 3.21. The fourth-order valence-corrected chi connectivity index (χ4v) is 1.37. The van der Waals surface area contributed by atoms with Crippen LogP contribution in [0.4, 0.5) is 8.78 Å². The van der Waals surface area contributed by atoms with Crippen molar-refractivity contribution in [2.45, 2.75) is 20.3 Å². The second-order valence-electron chi connectivity index (χ2n) is 3.21. The number of hydrogen-bond acceptors (Lipinski definition) is 2. The quantitative estimate of drug-likeness (QED) is 0.759. The molecular formula is C10H13F2NO. The van der Waals surface area contributed by atoms with Gasteiger partial charge in [-0.15, -0.1) is 0 Å². The van der Waals surface area contributed by atoms with Crippen LogP contribution in [-0.2, 0) is 11.3 Å². The van der Waals surface area contributed by atoms with Crippen LogP contribution in [0, 0.1) is 25.5 Å². The number of benzene rings is 1. The first-order valence-electron chi connectivity index (χ1n) is 4.33. The van der Waals surface area contributed by atoms with Crippen molar-refractivity contribution in [2.75, 3.05) is 6.61 Å². The van der Waals surface area contributed by atoms with E-state index in [0.717, 1.165) is 0 Å². The lowest BCUT2D eigenvalue weighted by atomic mass is 10.0. The highest BCUT2D eigenvalue weighted by Crippen LogP contribution is 2.20. The van der Waals surface area contributed by atoms with E-state index in [9.17, 15) is 8.78 Å². The van der Waals surface area contributed by atoms with Crippen LogP contribution in [0.2, 0.25) is 0 Å². The molecule has 0 aliphatic heterocycles. The summed E-state index contributed by atoms with van der Waals surface area (Å²) in [5.74, 6) is 4.07. The van der Waals surface area contributed by atoms with Gasteiger partial charge in [0.25, 0.3) is 0 Å². The van der Waals surface area contributed by atoms with Crippen molar-refractivity contribution < 1.29 is 13.6 Å². The lowest BCUT2D eigenvalue weighted by Gasteiger charge is -2.09.